The highest BCUT2D eigenvalue weighted by Crippen LogP contribution is 2.39. The van der Waals surface area contributed by atoms with Crippen LogP contribution in [0, 0.1) is 29.6 Å². The second kappa shape index (κ2) is 23.6. The molecule has 14 nitrogen and oxygen atoms in total. The van der Waals surface area contributed by atoms with Gasteiger partial charge >= 0.3 is 5.97 Å². The van der Waals surface area contributed by atoms with Gasteiger partial charge in [-0.2, -0.15) is 0 Å². The number of aliphatic hydroxyl groups is 3. The minimum absolute atomic E-state index is 0.000618. The number of aryl methyl sites for hydroxylation is 1. The smallest absolute Gasteiger partial charge is 0.329 e. The molecule has 0 radical (unpaired) electrons. The van der Waals surface area contributed by atoms with Crippen LogP contribution in [0.2, 0.25) is 0 Å². The molecule has 3 fully saturated rings. The number of ether oxygens (including phenoxy) is 4. The summed E-state index contributed by atoms with van der Waals surface area (Å²) in [5, 5.41) is 40.2. The summed E-state index contributed by atoms with van der Waals surface area (Å²) in [5.41, 5.74) is 3.71. The molecule has 376 valence electrons. The van der Waals surface area contributed by atoms with Crippen LogP contribution in [0.15, 0.2) is 66.4 Å². The van der Waals surface area contributed by atoms with E-state index < -0.39 is 83.9 Å². The Morgan fingerprint density at radius 2 is 1.71 bits per heavy atom. The van der Waals surface area contributed by atoms with Crippen molar-refractivity contribution in [2.24, 2.45) is 29.6 Å². The van der Waals surface area contributed by atoms with Crippen molar-refractivity contribution in [2.45, 2.75) is 180 Å². The molecule has 2 bridgehead atoms. The zero-order chi connectivity index (χ0) is 49.4. The third-order valence-electron chi connectivity index (χ3n) is 15.2. The van der Waals surface area contributed by atoms with Crippen molar-refractivity contribution >= 4 is 40.0 Å². The van der Waals surface area contributed by atoms with Gasteiger partial charge in [-0.3, -0.25) is 14.4 Å². The van der Waals surface area contributed by atoms with Gasteiger partial charge in [-0.05, 0) is 126 Å². The Labute approximate surface area is 403 Å². The number of fused-ring (bicyclic) bond motifs is 4. The Balaban J connectivity index is 1.29. The third-order valence-corrected chi connectivity index (χ3v) is 15.2. The number of aliphatic hydroxyl groups excluding tert-OH is 2. The van der Waals surface area contributed by atoms with Crippen LogP contribution < -0.4 is 5.32 Å². The zero-order valence-electron chi connectivity index (χ0n) is 41.7. The number of esters is 1. The largest absolute Gasteiger partial charge is 0.456 e. The van der Waals surface area contributed by atoms with E-state index >= 15 is 0 Å². The first-order valence-corrected chi connectivity index (χ1v) is 25.1. The fourth-order valence-corrected chi connectivity index (χ4v) is 11.3. The van der Waals surface area contributed by atoms with Gasteiger partial charge in [0.05, 0.1) is 30.5 Å². The topological polar surface area (TPSA) is 186 Å². The number of nitrogens with zero attached hydrogens (tertiary/aromatic N) is 2. The van der Waals surface area contributed by atoms with Gasteiger partial charge in [0.25, 0.3) is 11.7 Å². The molecular weight excluding hydrogens is 867 g/mol. The fraction of sp³-hybridized carbons (Fsp3) is 0.667. The normalized spacial score (nSPS) is 36.3. The molecule has 14 atom stereocenters. The molecule has 4 heterocycles. The number of benzene rings is 1. The van der Waals surface area contributed by atoms with E-state index in [9.17, 15) is 34.5 Å². The number of anilines is 1. The number of carbonyl (C=O) groups excluding carboxylic acids is 4. The van der Waals surface area contributed by atoms with Gasteiger partial charge in [-0.25, -0.2) is 4.79 Å². The second-order valence-corrected chi connectivity index (χ2v) is 20.5. The minimum Gasteiger partial charge on any atom is -0.456 e. The zero-order valence-corrected chi connectivity index (χ0v) is 41.7. The van der Waals surface area contributed by atoms with E-state index in [0.717, 1.165) is 36.0 Å². The summed E-state index contributed by atoms with van der Waals surface area (Å²) in [5.74, 6) is -7.92. The van der Waals surface area contributed by atoms with E-state index in [1.807, 2.05) is 32.9 Å². The van der Waals surface area contributed by atoms with E-state index in [0.29, 0.717) is 50.5 Å². The lowest BCUT2D eigenvalue weighted by molar-refractivity contribution is -0.302. The van der Waals surface area contributed by atoms with Crippen molar-refractivity contribution in [1.29, 1.82) is 0 Å². The molecular formula is C54H79N3O11. The maximum atomic E-state index is 14.6. The Hall–Kier alpha value is -4.18. The molecule has 4 N–H and O–H groups in total. The first-order chi connectivity index (χ1) is 32.4. The number of hydrogen-bond donors (Lipinski definition) is 4. The summed E-state index contributed by atoms with van der Waals surface area (Å²) in [7, 11) is 3.06. The van der Waals surface area contributed by atoms with Crippen LogP contribution in [-0.4, -0.2) is 123 Å². The van der Waals surface area contributed by atoms with Crippen molar-refractivity contribution in [3.05, 3.63) is 66.4 Å². The molecule has 2 saturated heterocycles. The Morgan fingerprint density at radius 1 is 0.971 bits per heavy atom. The lowest BCUT2D eigenvalue weighted by Gasteiger charge is -2.47. The van der Waals surface area contributed by atoms with Crippen molar-refractivity contribution in [3.63, 3.8) is 0 Å². The molecule has 6 rings (SSSR count). The van der Waals surface area contributed by atoms with Gasteiger partial charge in [-0.1, -0.05) is 51.5 Å². The number of nitrogens with one attached hydrogen (secondary N) is 1. The third kappa shape index (κ3) is 12.2. The molecule has 1 aromatic heterocycles. The van der Waals surface area contributed by atoms with Crippen molar-refractivity contribution in [1.82, 2.24) is 9.47 Å². The minimum atomic E-state index is -2.52. The predicted molar refractivity (Wildman–Crippen MR) is 261 cm³/mol. The van der Waals surface area contributed by atoms with Crippen LogP contribution in [0.1, 0.15) is 119 Å². The highest BCUT2D eigenvalue weighted by atomic mass is 16.7. The quantitative estimate of drug-likeness (QED) is 0.105. The Bertz CT molecular complexity index is 2150. The van der Waals surface area contributed by atoms with E-state index in [4.69, 9.17) is 18.9 Å². The van der Waals surface area contributed by atoms with Gasteiger partial charge in [0.2, 0.25) is 5.79 Å². The molecule has 14 heteroatoms. The first-order valence-electron chi connectivity index (χ1n) is 25.1. The monoisotopic (exact) mass is 946 g/mol. The van der Waals surface area contributed by atoms with Crippen molar-refractivity contribution in [2.75, 3.05) is 26.1 Å². The highest BCUT2D eigenvalue weighted by molar-refractivity contribution is 6.39. The first kappa shape index (κ1) is 53.2. The summed E-state index contributed by atoms with van der Waals surface area (Å²) in [6.45, 7) is 16.3. The standard InChI is InChI=1S/C54H79N3O11/c1-10-14-39-25-32(3)24-33(4)26-47(65-8)50-48(66-9)28-35(6)54(64,68-50)51(61)52(62)57-22-13-12-15-43(57)53(63)67-49(36(7)44(58)31-45(39)59)34(5)27-37-16-18-41(46(60)29-37)55-40-17-19-42-38(30-40)20-23-56(42)21-11-2/h10,17,19-20,23,25,27,30,33,35-37,39,41,43-44,46-50,55,58,60,64H,1,11-16,18,21-22,24,26,28-29,31H2,2-9H3/b32-25+,34-27?. The van der Waals surface area contributed by atoms with Crippen LogP contribution in [-0.2, 0) is 44.7 Å². The van der Waals surface area contributed by atoms with Gasteiger partial charge in [0, 0.05) is 74.3 Å². The molecule has 14 unspecified atom stereocenters. The van der Waals surface area contributed by atoms with Crippen LogP contribution >= 0.6 is 0 Å². The van der Waals surface area contributed by atoms with Gasteiger partial charge < -0.3 is 49.1 Å². The fourth-order valence-electron chi connectivity index (χ4n) is 11.3. The number of piperidine rings is 1. The van der Waals surface area contributed by atoms with Crippen molar-refractivity contribution < 1.29 is 53.4 Å². The average molecular weight is 946 g/mol. The Kier molecular flexibility index (Phi) is 18.5. The lowest BCUT2D eigenvalue weighted by atomic mass is 9.81. The molecule has 1 saturated carbocycles. The summed E-state index contributed by atoms with van der Waals surface area (Å²) in [4.78, 5) is 58.6. The number of rotatable bonds is 10. The number of amides is 1. The molecule has 0 spiro atoms. The predicted octanol–water partition coefficient (Wildman–Crippen LogP) is 7.47. The molecule has 2 aromatic rings. The number of methoxy groups -OCH3 is 2. The lowest BCUT2D eigenvalue weighted by Crippen LogP contribution is -2.64. The molecule has 68 heavy (non-hydrogen) atoms. The van der Waals surface area contributed by atoms with E-state index in [1.165, 1.54) is 24.6 Å². The van der Waals surface area contributed by atoms with Crippen LogP contribution in [0.4, 0.5) is 5.69 Å². The maximum Gasteiger partial charge on any atom is 0.329 e. The van der Waals surface area contributed by atoms with Crippen LogP contribution in [0.25, 0.3) is 10.9 Å². The highest BCUT2D eigenvalue weighted by Gasteiger charge is 2.56. The van der Waals surface area contributed by atoms with Crippen LogP contribution in [0.3, 0.4) is 0 Å². The number of allylic oxidation sites excluding steroid dienone is 4. The van der Waals surface area contributed by atoms with Gasteiger partial charge in [-0.15, -0.1) is 6.58 Å². The number of Topliss-reactive ketones (excluding diaryl/α,β-unsaturated/α-hetero) is 2. The van der Waals surface area contributed by atoms with Gasteiger partial charge in [0.1, 0.15) is 24.0 Å². The average Bonchev–Trinajstić information content (AvgIpc) is 3.71. The maximum absolute atomic E-state index is 14.6. The Morgan fingerprint density at radius 3 is 2.40 bits per heavy atom. The van der Waals surface area contributed by atoms with Crippen molar-refractivity contribution in [3.8, 4) is 0 Å². The summed E-state index contributed by atoms with van der Waals surface area (Å²) in [6, 6.07) is 7.05. The van der Waals surface area contributed by atoms with E-state index in [2.05, 4.69) is 53.8 Å². The van der Waals surface area contributed by atoms with E-state index in [1.54, 1.807) is 19.9 Å². The molecule has 4 aliphatic rings. The number of carbonyl (C=O) groups is 4. The SMILES string of the molecule is C=CCC1/C=C(\C)CC(C)CC(OC)C2OC(O)(C(=O)C(=O)N3CCCCC3C(=O)OC(C(C)=CC3CCC(Nc4ccc5c(ccn5CCC)c4)C(O)C3)C(C)C(O)CC1=O)C(C)CC2OC. The summed E-state index contributed by atoms with van der Waals surface area (Å²) in [6.07, 6.45) is 8.35. The molecule has 1 aromatic carbocycles. The van der Waals surface area contributed by atoms with E-state index in [-0.39, 0.29) is 49.5 Å². The van der Waals surface area contributed by atoms with Gasteiger partial charge in [0.15, 0.2) is 0 Å². The number of aromatic nitrogens is 1. The molecule has 1 aliphatic carbocycles. The van der Waals surface area contributed by atoms with Crippen LogP contribution in [0.5, 0.6) is 0 Å². The summed E-state index contributed by atoms with van der Waals surface area (Å²) < 4.78 is 26.7. The summed E-state index contributed by atoms with van der Waals surface area (Å²) >= 11 is 0. The second-order valence-electron chi connectivity index (χ2n) is 20.5. The number of hydrogen-bond acceptors (Lipinski definition) is 12. The molecule has 1 amide bonds. The number of cyclic esters (lactones) is 1. The molecule has 3 aliphatic heterocycles. The number of ketones is 2.